The maximum Gasteiger partial charge on any atom is 0.243 e. The minimum atomic E-state index is -3.75. The summed E-state index contributed by atoms with van der Waals surface area (Å²) in [6, 6.07) is 15.9. The van der Waals surface area contributed by atoms with Crippen LogP contribution in [0.1, 0.15) is 32.8 Å². The highest BCUT2D eigenvalue weighted by atomic mass is 35.5. The number of nitrogens with one attached hydrogen (secondary N) is 1. The van der Waals surface area contributed by atoms with Crippen molar-refractivity contribution < 1.29 is 13.2 Å². The Morgan fingerprint density at radius 2 is 1.68 bits per heavy atom. The Kier molecular flexibility index (Phi) is 7.26. The van der Waals surface area contributed by atoms with Gasteiger partial charge in [0.1, 0.15) is 0 Å². The van der Waals surface area contributed by atoms with Crippen LogP contribution in [0.25, 0.3) is 0 Å². The van der Waals surface area contributed by atoms with Crippen molar-refractivity contribution in [2.45, 2.75) is 43.5 Å². The predicted octanol–water partition coefficient (Wildman–Crippen LogP) is 3.83. The molecule has 0 aliphatic heterocycles. The summed E-state index contributed by atoms with van der Waals surface area (Å²) < 4.78 is 26.2. The minimum absolute atomic E-state index is 0.102. The SMILES string of the molecule is C[C@@H](CC(C)(C)c1ccccc1)NC(=O)CN(C)S(=O)(=O)c1ccc(Cl)cc1. The molecular formula is C21H27ClN2O3S. The molecule has 0 aliphatic rings. The Morgan fingerprint density at radius 3 is 2.25 bits per heavy atom. The molecular weight excluding hydrogens is 396 g/mol. The summed E-state index contributed by atoms with van der Waals surface area (Å²) in [6.07, 6.45) is 0.733. The molecule has 0 fully saturated rings. The van der Waals surface area contributed by atoms with Crippen LogP contribution in [0.4, 0.5) is 0 Å². The van der Waals surface area contributed by atoms with Crippen molar-refractivity contribution in [3.05, 3.63) is 65.2 Å². The fraction of sp³-hybridized carbons (Fsp3) is 0.381. The highest BCUT2D eigenvalue weighted by molar-refractivity contribution is 7.89. The van der Waals surface area contributed by atoms with Crippen molar-refractivity contribution in [2.75, 3.05) is 13.6 Å². The van der Waals surface area contributed by atoms with Crippen LogP contribution in [0.15, 0.2) is 59.5 Å². The van der Waals surface area contributed by atoms with Crippen molar-refractivity contribution in [3.63, 3.8) is 0 Å². The normalized spacial score (nSPS) is 13.4. The van der Waals surface area contributed by atoms with E-state index < -0.39 is 10.0 Å². The first kappa shape index (κ1) is 22.4. The number of carbonyl (C=O) groups excluding carboxylic acids is 1. The van der Waals surface area contributed by atoms with E-state index in [9.17, 15) is 13.2 Å². The highest BCUT2D eigenvalue weighted by Crippen LogP contribution is 2.28. The zero-order chi connectivity index (χ0) is 20.9. The van der Waals surface area contributed by atoms with E-state index in [-0.39, 0.29) is 28.8 Å². The van der Waals surface area contributed by atoms with Crippen molar-refractivity contribution in [1.82, 2.24) is 9.62 Å². The molecule has 0 unspecified atom stereocenters. The molecule has 0 spiro atoms. The number of likely N-dealkylation sites (N-methyl/N-ethyl adjacent to an activating group) is 1. The fourth-order valence-electron chi connectivity index (χ4n) is 3.22. The topological polar surface area (TPSA) is 66.5 Å². The number of hydrogen-bond donors (Lipinski definition) is 1. The van der Waals surface area contributed by atoms with E-state index >= 15 is 0 Å². The van der Waals surface area contributed by atoms with E-state index in [0.717, 1.165) is 10.7 Å². The first-order valence-corrected chi connectivity index (χ1v) is 10.9. The molecule has 2 rings (SSSR count). The molecule has 0 saturated carbocycles. The molecule has 0 saturated heterocycles. The molecule has 152 valence electrons. The van der Waals surface area contributed by atoms with E-state index in [1.807, 2.05) is 25.1 Å². The van der Waals surface area contributed by atoms with Gasteiger partial charge in [0, 0.05) is 18.1 Å². The second-order valence-corrected chi connectivity index (χ2v) is 10.1. The number of amides is 1. The standard InChI is InChI=1S/C21H27ClN2O3S/c1-16(14-21(2,3)17-8-6-5-7-9-17)23-20(25)15-24(4)28(26,27)19-12-10-18(22)11-13-19/h5-13,16H,14-15H2,1-4H3,(H,23,25)/t16-/m0/s1. The van der Waals surface area contributed by atoms with E-state index in [2.05, 4.69) is 31.3 Å². The Balaban J connectivity index is 1.96. The van der Waals surface area contributed by atoms with Crippen LogP contribution in [0.5, 0.6) is 0 Å². The molecule has 2 aromatic rings. The zero-order valence-corrected chi connectivity index (χ0v) is 18.2. The lowest BCUT2D eigenvalue weighted by atomic mass is 9.79. The fourth-order valence-corrected chi connectivity index (χ4v) is 4.47. The lowest BCUT2D eigenvalue weighted by molar-refractivity contribution is -0.121. The largest absolute Gasteiger partial charge is 0.352 e. The van der Waals surface area contributed by atoms with Crippen LogP contribution in [0.2, 0.25) is 5.02 Å². The van der Waals surface area contributed by atoms with Gasteiger partial charge in [-0.2, -0.15) is 4.31 Å². The first-order chi connectivity index (χ1) is 13.0. The van der Waals surface area contributed by atoms with Gasteiger partial charge in [0.15, 0.2) is 0 Å². The molecule has 0 radical (unpaired) electrons. The molecule has 1 N–H and O–H groups in total. The van der Waals surface area contributed by atoms with Gasteiger partial charge >= 0.3 is 0 Å². The van der Waals surface area contributed by atoms with Gasteiger partial charge in [-0.3, -0.25) is 4.79 Å². The molecule has 2 aromatic carbocycles. The Labute approximate surface area is 172 Å². The molecule has 0 aliphatic carbocycles. The average Bonchev–Trinajstić information content (AvgIpc) is 2.62. The van der Waals surface area contributed by atoms with Gasteiger partial charge in [-0.15, -0.1) is 0 Å². The van der Waals surface area contributed by atoms with Crippen LogP contribution in [-0.4, -0.2) is 38.3 Å². The summed E-state index contributed by atoms with van der Waals surface area (Å²) in [5.41, 5.74) is 1.08. The summed E-state index contributed by atoms with van der Waals surface area (Å²) in [6.45, 7) is 5.93. The smallest absolute Gasteiger partial charge is 0.243 e. The third-order valence-electron chi connectivity index (χ3n) is 4.67. The van der Waals surface area contributed by atoms with Crippen LogP contribution in [-0.2, 0) is 20.2 Å². The number of carbonyl (C=O) groups is 1. The van der Waals surface area contributed by atoms with Gasteiger partial charge < -0.3 is 5.32 Å². The molecule has 0 heterocycles. The van der Waals surface area contributed by atoms with Crippen molar-refractivity contribution in [1.29, 1.82) is 0 Å². The van der Waals surface area contributed by atoms with Gasteiger partial charge in [0.25, 0.3) is 0 Å². The number of benzene rings is 2. The Morgan fingerprint density at radius 1 is 1.11 bits per heavy atom. The van der Waals surface area contributed by atoms with Crippen molar-refractivity contribution in [3.8, 4) is 0 Å². The average molecular weight is 423 g/mol. The zero-order valence-electron chi connectivity index (χ0n) is 16.6. The van der Waals surface area contributed by atoms with Gasteiger partial charge in [-0.25, -0.2) is 8.42 Å². The molecule has 28 heavy (non-hydrogen) atoms. The maximum atomic E-state index is 12.6. The third-order valence-corrected chi connectivity index (χ3v) is 6.74. The molecule has 5 nitrogen and oxygen atoms in total. The number of nitrogens with zero attached hydrogens (tertiary/aromatic N) is 1. The monoisotopic (exact) mass is 422 g/mol. The number of sulfonamides is 1. The van der Waals surface area contributed by atoms with Gasteiger partial charge in [0.2, 0.25) is 15.9 Å². The Hall–Kier alpha value is -1.89. The van der Waals surface area contributed by atoms with E-state index in [4.69, 9.17) is 11.6 Å². The minimum Gasteiger partial charge on any atom is -0.352 e. The van der Waals surface area contributed by atoms with Crippen LogP contribution in [0, 0.1) is 0 Å². The van der Waals surface area contributed by atoms with E-state index in [1.165, 1.54) is 36.9 Å². The molecule has 0 bridgehead atoms. The number of hydrogen-bond acceptors (Lipinski definition) is 3. The highest BCUT2D eigenvalue weighted by Gasteiger charge is 2.26. The third kappa shape index (κ3) is 5.80. The molecule has 0 aromatic heterocycles. The quantitative estimate of drug-likeness (QED) is 0.702. The second-order valence-electron chi connectivity index (χ2n) is 7.64. The molecule has 1 amide bonds. The van der Waals surface area contributed by atoms with Crippen molar-refractivity contribution >= 4 is 27.5 Å². The lowest BCUT2D eigenvalue weighted by Gasteiger charge is -2.29. The van der Waals surface area contributed by atoms with E-state index in [0.29, 0.717) is 5.02 Å². The lowest BCUT2D eigenvalue weighted by Crippen LogP contribution is -2.43. The summed E-state index contributed by atoms with van der Waals surface area (Å²) in [4.78, 5) is 12.5. The van der Waals surface area contributed by atoms with Gasteiger partial charge in [-0.1, -0.05) is 55.8 Å². The van der Waals surface area contributed by atoms with Crippen LogP contribution < -0.4 is 5.32 Å². The van der Waals surface area contributed by atoms with Crippen molar-refractivity contribution in [2.24, 2.45) is 0 Å². The van der Waals surface area contributed by atoms with Crippen LogP contribution in [0.3, 0.4) is 0 Å². The second kappa shape index (κ2) is 9.07. The molecule has 1 atom stereocenters. The summed E-state index contributed by atoms with van der Waals surface area (Å²) in [5, 5.41) is 3.36. The first-order valence-electron chi connectivity index (χ1n) is 9.09. The summed E-state index contributed by atoms with van der Waals surface area (Å²) in [5.74, 6) is -0.337. The number of halogens is 1. The Bertz CT molecular complexity index is 897. The molecule has 7 heteroatoms. The van der Waals surface area contributed by atoms with Gasteiger partial charge in [-0.05, 0) is 48.6 Å². The van der Waals surface area contributed by atoms with E-state index in [1.54, 1.807) is 0 Å². The predicted molar refractivity (Wildman–Crippen MR) is 113 cm³/mol. The summed E-state index contributed by atoms with van der Waals surface area (Å²) >= 11 is 5.81. The van der Waals surface area contributed by atoms with Crippen LogP contribution >= 0.6 is 11.6 Å². The van der Waals surface area contributed by atoms with Gasteiger partial charge in [0.05, 0.1) is 11.4 Å². The number of rotatable bonds is 8. The summed E-state index contributed by atoms with van der Waals surface area (Å²) in [7, 11) is -2.36. The maximum absolute atomic E-state index is 12.6.